The van der Waals surface area contributed by atoms with Gasteiger partial charge in [0, 0.05) is 44.5 Å². The zero-order valence-corrected chi connectivity index (χ0v) is 16.7. The minimum absolute atomic E-state index is 0. The van der Waals surface area contributed by atoms with Crippen LogP contribution in [0.15, 0.2) is 24.3 Å². The third-order valence-electron chi connectivity index (χ3n) is 5.17. The maximum atomic E-state index is 13.0. The van der Waals surface area contributed by atoms with Gasteiger partial charge in [0.15, 0.2) is 0 Å². The number of nitrogens with one attached hydrogen (secondary N) is 1. The van der Waals surface area contributed by atoms with E-state index in [2.05, 4.69) is 15.1 Å². The first-order chi connectivity index (χ1) is 11.5. The molecule has 2 aliphatic rings. The molecule has 0 radical (unpaired) electrons. The van der Waals surface area contributed by atoms with Gasteiger partial charge in [0.05, 0.1) is 6.04 Å². The van der Waals surface area contributed by atoms with Gasteiger partial charge in [-0.3, -0.25) is 9.69 Å². The van der Waals surface area contributed by atoms with E-state index in [-0.39, 0.29) is 48.6 Å². The summed E-state index contributed by atoms with van der Waals surface area (Å²) >= 11 is 0. The van der Waals surface area contributed by atoms with Gasteiger partial charge in [-0.2, -0.15) is 0 Å². The molecule has 5 nitrogen and oxygen atoms in total. The second-order valence-electron chi connectivity index (χ2n) is 6.92. The molecule has 0 bridgehead atoms. The van der Waals surface area contributed by atoms with Crippen LogP contribution in [0.4, 0.5) is 10.1 Å². The van der Waals surface area contributed by atoms with E-state index in [4.69, 9.17) is 5.73 Å². The molecule has 1 aromatic rings. The van der Waals surface area contributed by atoms with Crippen LogP contribution in [-0.2, 0) is 4.79 Å². The van der Waals surface area contributed by atoms with Gasteiger partial charge < -0.3 is 16.0 Å². The van der Waals surface area contributed by atoms with Crippen LogP contribution in [0.3, 0.4) is 0 Å². The number of benzene rings is 1. The molecule has 8 heteroatoms. The highest BCUT2D eigenvalue weighted by Gasteiger charge is 2.30. The Morgan fingerprint density at radius 2 is 1.77 bits per heavy atom. The van der Waals surface area contributed by atoms with Gasteiger partial charge in [0.25, 0.3) is 0 Å². The fraction of sp³-hybridized carbons (Fsp3) is 0.611. The topological polar surface area (TPSA) is 61.6 Å². The van der Waals surface area contributed by atoms with Crippen molar-refractivity contribution in [1.82, 2.24) is 10.2 Å². The summed E-state index contributed by atoms with van der Waals surface area (Å²) in [6.07, 6.45) is 2.38. The van der Waals surface area contributed by atoms with E-state index in [0.29, 0.717) is 12.5 Å². The highest BCUT2D eigenvalue weighted by molar-refractivity contribution is 5.85. The van der Waals surface area contributed by atoms with Crippen molar-refractivity contribution in [2.24, 2.45) is 11.7 Å². The van der Waals surface area contributed by atoms with Gasteiger partial charge >= 0.3 is 0 Å². The van der Waals surface area contributed by atoms with Gasteiger partial charge in [-0.15, -0.1) is 24.8 Å². The van der Waals surface area contributed by atoms with Crippen LogP contribution in [0.5, 0.6) is 0 Å². The fourth-order valence-electron chi connectivity index (χ4n) is 3.24. The highest BCUT2D eigenvalue weighted by atomic mass is 35.5. The molecule has 2 unspecified atom stereocenters. The van der Waals surface area contributed by atoms with Crippen LogP contribution in [0.1, 0.15) is 19.8 Å². The van der Waals surface area contributed by atoms with Crippen LogP contribution in [-0.4, -0.2) is 55.6 Å². The molecular weight excluding hydrogens is 378 g/mol. The Balaban J connectivity index is 0.00000169. The number of hydrogen-bond acceptors (Lipinski definition) is 4. The molecular formula is C18H29Cl2FN4O. The molecule has 0 spiro atoms. The standard InChI is InChI=1S/C18H27FN4O.2ClH/c1-13(18(24)21-12-17(20)14-2-3-14)22-8-10-23(11-9-22)16-6-4-15(19)5-7-16;;/h4-7,13-14,17H,2-3,8-12,20H2,1H3,(H,21,24);2*1H. The predicted molar refractivity (Wildman–Crippen MR) is 108 cm³/mol. The van der Waals surface area contributed by atoms with Gasteiger partial charge in [0.1, 0.15) is 5.82 Å². The highest BCUT2D eigenvalue weighted by Crippen LogP contribution is 2.31. The Morgan fingerprint density at radius 1 is 1.19 bits per heavy atom. The van der Waals surface area contributed by atoms with Crippen molar-refractivity contribution in [3.63, 3.8) is 0 Å². The summed E-state index contributed by atoms with van der Waals surface area (Å²) in [6.45, 7) is 5.84. The second kappa shape index (κ2) is 10.3. The average molecular weight is 407 g/mol. The van der Waals surface area contributed by atoms with E-state index < -0.39 is 0 Å². The molecule has 2 atom stereocenters. The average Bonchev–Trinajstić information content (AvgIpc) is 3.45. The molecule has 3 rings (SSSR count). The number of anilines is 1. The smallest absolute Gasteiger partial charge is 0.237 e. The molecule has 26 heavy (non-hydrogen) atoms. The summed E-state index contributed by atoms with van der Waals surface area (Å²) < 4.78 is 13.0. The van der Waals surface area contributed by atoms with Crippen LogP contribution < -0.4 is 16.0 Å². The largest absolute Gasteiger partial charge is 0.369 e. The minimum Gasteiger partial charge on any atom is -0.369 e. The van der Waals surface area contributed by atoms with Crippen molar-refractivity contribution < 1.29 is 9.18 Å². The normalized spacial score (nSPS) is 19.7. The van der Waals surface area contributed by atoms with Gasteiger partial charge in [-0.1, -0.05) is 0 Å². The number of carbonyl (C=O) groups is 1. The van der Waals surface area contributed by atoms with Crippen molar-refractivity contribution in [3.8, 4) is 0 Å². The molecule has 1 amide bonds. The lowest BCUT2D eigenvalue weighted by Gasteiger charge is -2.38. The van der Waals surface area contributed by atoms with Crippen LogP contribution in [0.25, 0.3) is 0 Å². The Hall–Kier alpha value is -1.08. The first kappa shape index (κ1) is 23.0. The summed E-state index contributed by atoms with van der Waals surface area (Å²) in [5.74, 6) is 0.438. The number of carbonyl (C=O) groups excluding carboxylic acids is 1. The molecule has 1 aliphatic carbocycles. The summed E-state index contributed by atoms with van der Waals surface area (Å²) in [4.78, 5) is 16.7. The van der Waals surface area contributed by atoms with Crippen molar-refractivity contribution in [2.45, 2.75) is 31.8 Å². The third-order valence-corrected chi connectivity index (χ3v) is 5.17. The molecule has 3 N–H and O–H groups in total. The lowest BCUT2D eigenvalue weighted by molar-refractivity contribution is -0.126. The number of amides is 1. The number of nitrogens with two attached hydrogens (primary N) is 1. The Morgan fingerprint density at radius 3 is 2.31 bits per heavy atom. The quantitative estimate of drug-likeness (QED) is 0.758. The molecule has 1 saturated heterocycles. The third kappa shape index (κ3) is 5.98. The number of rotatable bonds is 6. The predicted octanol–water partition coefficient (Wildman–Crippen LogP) is 2.03. The van der Waals surface area contributed by atoms with Crippen molar-refractivity contribution in [2.75, 3.05) is 37.6 Å². The molecule has 1 aromatic carbocycles. The van der Waals surface area contributed by atoms with Gasteiger partial charge in [-0.05, 0) is 49.9 Å². The van der Waals surface area contributed by atoms with Crippen molar-refractivity contribution in [1.29, 1.82) is 0 Å². The lowest BCUT2D eigenvalue weighted by Crippen LogP contribution is -2.55. The maximum Gasteiger partial charge on any atom is 0.237 e. The van der Waals surface area contributed by atoms with E-state index in [1.54, 1.807) is 12.1 Å². The van der Waals surface area contributed by atoms with Crippen molar-refractivity contribution in [3.05, 3.63) is 30.1 Å². The summed E-state index contributed by atoms with van der Waals surface area (Å²) in [5.41, 5.74) is 7.07. The second-order valence-corrected chi connectivity index (χ2v) is 6.92. The Kier molecular flexibility index (Phi) is 9.10. The first-order valence-electron chi connectivity index (χ1n) is 8.82. The molecule has 1 heterocycles. The monoisotopic (exact) mass is 406 g/mol. The van der Waals surface area contributed by atoms with Crippen LogP contribution in [0, 0.1) is 11.7 Å². The minimum atomic E-state index is -0.216. The van der Waals surface area contributed by atoms with Crippen LogP contribution >= 0.6 is 24.8 Å². The van der Waals surface area contributed by atoms with E-state index in [0.717, 1.165) is 31.9 Å². The number of piperazine rings is 1. The number of halogens is 3. The summed E-state index contributed by atoms with van der Waals surface area (Å²) in [7, 11) is 0. The van der Waals surface area contributed by atoms with Gasteiger partial charge in [-0.25, -0.2) is 4.39 Å². The summed E-state index contributed by atoms with van der Waals surface area (Å²) in [5, 5.41) is 2.99. The maximum absolute atomic E-state index is 13.0. The molecule has 1 aliphatic heterocycles. The van der Waals surface area contributed by atoms with E-state index in [1.807, 2.05) is 6.92 Å². The molecule has 0 aromatic heterocycles. The Bertz CT molecular complexity index is 563. The zero-order chi connectivity index (χ0) is 17.1. The van der Waals surface area contributed by atoms with E-state index in [1.165, 1.54) is 25.0 Å². The fourth-order valence-corrected chi connectivity index (χ4v) is 3.24. The molecule has 1 saturated carbocycles. The SMILES string of the molecule is CC(C(=O)NCC(N)C1CC1)N1CCN(c2ccc(F)cc2)CC1.Cl.Cl. The van der Waals surface area contributed by atoms with E-state index >= 15 is 0 Å². The number of nitrogens with zero attached hydrogens (tertiary/aromatic N) is 2. The molecule has 148 valence electrons. The van der Waals surface area contributed by atoms with Crippen LogP contribution in [0.2, 0.25) is 0 Å². The molecule has 2 fully saturated rings. The van der Waals surface area contributed by atoms with E-state index in [9.17, 15) is 9.18 Å². The summed E-state index contributed by atoms with van der Waals surface area (Å²) in [6, 6.07) is 6.53. The Labute approximate surface area is 167 Å². The zero-order valence-electron chi connectivity index (χ0n) is 15.1. The number of hydrogen-bond donors (Lipinski definition) is 2. The van der Waals surface area contributed by atoms with Crippen molar-refractivity contribution >= 4 is 36.4 Å². The first-order valence-corrected chi connectivity index (χ1v) is 8.82. The lowest BCUT2D eigenvalue weighted by atomic mass is 10.1. The van der Waals surface area contributed by atoms with Gasteiger partial charge in [0.2, 0.25) is 5.91 Å².